The van der Waals surface area contributed by atoms with Gasteiger partial charge < -0.3 is 14.8 Å². The van der Waals surface area contributed by atoms with Crippen LogP contribution in [0.25, 0.3) is 11.0 Å². The number of fused-ring (bicyclic) bond motifs is 1. The quantitative estimate of drug-likeness (QED) is 0.412. The van der Waals surface area contributed by atoms with Crippen molar-refractivity contribution in [1.29, 1.82) is 0 Å². The maximum atomic E-state index is 12.8. The fraction of sp³-hybridized carbons (Fsp3) is 0.625. The van der Waals surface area contributed by atoms with Crippen LogP contribution in [-0.4, -0.2) is 60.0 Å². The lowest BCUT2D eigenvalue weighted by atomic mass is 10.1. The minimum atomic E-state index is -0.656. The van der Waals surface area contributed by atoms with E-state index in [1.807, 2.05) is 18.2 Å². The Morgan fingerprint density at radius 3 is 2.58 bits per heavy atom. The zero-order valence-corrected chi connectivity index (χ0v) is 19.3. The number of hydrogen-bond acceptors (Lipinski definition) is 6. The summed E-state index contributed by atoms with van der Waals surface area (Å²) in [5.41, 5.74) is 2.38. The van der Waals surface area contributed by atoms with Crippen molar-refractivity contribution in [2.24, 2.45) is 7.05 Å². The monoisotopic (exact) mass is 458 g/mol. The van der Waals surface area contributed by atoms with Gasteiger partial charge in [0.05, 0.1) is 17.1 Å². The van der Waals surface area contributed by atoms with E-state index in [1.54, 1.807) is 11.6 Å². The van der Waals surface area contributed by atoms with Crippen LogP contribution in [0.15, 0.2) is 23.0 Å². The smallest absolute Gasteiger partial charge is 0.329 e. The molecule has 2 N–H and O–H groups in total. The second kappa shape index (κ2) is 11.1. The topological polar surface area (TPSA) is 104 Å². The fourth-order valence-corrected chi connectivity index (χ4v) is 4.65. The molecule has 0 aliphatic carbocycles. The van der Waals surface area contributed by atoms with Crippen LogP contribution in [0.4, 0.5) is 0 Å². The number of piperidine rings is 2. The molecule has 0 radical (unpaired) electrons. The first-order valence-corrected chi connectivity index (χ1v) is 12.0. The molecule has 0 saturated carbocycles. The average Bonchev–Trinajstić information content (AvgIpc) is 3.06. The summed E-state index contributed by atoms with van der Waals surface area (Å²) in [6.07, 6.45) is 5.80. The normalized spacial score (nSPS) is 19.8. The number of aryl methyl sites for hydroxylation is 2. The predicted molar refractivity (Wildman–Crippen MR) is 124 cm³/mol. The molecule has 2 saturated heterocycles. The zero-order chi connectivity index (χ0) is 23.2. The highest BCUT2D eigenvalue weighted by Crippen LogP contribution is 2.24. The lowest BCUT2D eigenvalue weighted by molar-refractivity contribution is -0.135. The molecular formula is C24H34N4O5. The Hall–Kier alpha value is -2.49. The molecule has 1 aromatic heterocycles. The van der Waals surface area contributed by atoms with Gasteiger partial charge in [0.25, 0.3) is 0 Å². The number of hydrogen-bond donors (Lipinski definition) is 2. The molecule has 0 bridgehead atoms. The average molecular weight is 459 g/mol. The van der Waals surface area contributed by atoms with Crippen molar-refractivity contribution in [2.45, 2.75) is 57.1 Å². The van der Waals surface area contributed by atoms with Crippen LogP contribution in [0.2, 0.25) is 0 Å². The predicted octanol–water partition coefficient (Wildman–Crippen LogP) is 1.43. The van der Waals surface area contributed by atoms with E-state index in [-0.39, 0.29) is 18.0 Å². The molecule has 2 fully saturated rings. The molecule has 1 atom stereocenters. The molecule has 9 heteroatoms. The van der Waals surface area contributed by atoms with Crippen molar-refractivity contribution < 1.29 is 19.1 Å². The van der Waals surface area contributed by atoms with Crippen molar-refractivity contribution in [3.63, 3.8) is 0 Å². The highest BCUT2D eigenvalue weighted by Gasteiger charge is 2.31. The van der Waals surface area contributed by atoms with Crippen molar-refractivity contribution >= 4 is 22.8 Å². The van der Waals surface area contributed by atoms with Gasteiger partial charge in [-0.15, -0.1) is 0 Å². The lowest BCUT2D eigenvalue weighted by Gasteiger charge is -2.22. The van der Waals surface area contributed by atoms with Crippen molar-refractivity contribution in [2.75, 3.05) is 32.9 Å². The van der Waals surface area contributed by atoms with E-state index in [0.29, 0.717) is 31.3 Å². The highest BCUT2D eigenvalue weighted by molar-refractivity contribution is 6.00. The molecule has 4 rings (SSSR count). The number of imidazole rings is 1. The Morgan fingerprint density at radius 1 is 1.00 bits per heavy atom. The third kappa shape index (κ3) is 5.72. The molecule has 180 valence electrons. The molecule has 1 unspecified atom stereocenters. The molecular weight excluding hydrogens is 424 g/mol. The molecule has 2 aliphatic rings. The molecule has 2 aromatic rings. The van der Waals surface area contributed by atoms with E-state index in [0.717, 1.165) is 62.9 Å². The highest BCUT2D eigenvalue weighted by atomic mass is 16.5. The lowest BCUT2D eigenvalue weighted by Crippen LogP contribution is -2.44. The molecule has 2 amide bonds. The number of carbonyl (C=O) groups is 2. The molecule has 33 heavy (non-hydrogen) atoms. The van der Waals surface area contributed by atoms with Crippen LogP contribution in [-0.2, 0) is 32.5 Å². The summed E-state index contributed by atoms with van der Waals surface area (Å²) >= 11 is 0. The van der Waals surface area contributed by atoms with E-state index < -0.39 is 11.9 Å². The number of ether oxygens (including phenoxy) is 2. The summed E-state index contributed by atoms with van der Waals surface area (Å²) in [4.78, 5) is 36.6. The number of aromatic nitrogens is 2. The van der Waals surface area contributed by atoms with Gasteiger partial charge in [0.15, 0.2) is 0 Å². The number of amides is 2. The summed E-state index contributed by atoms with van der Waals surface area (Å²) in [6.45, 7) is 4.22. The third-order valence-corrected chi connectivity index (χ3v) is 6.50. The summed E-state index contributed by atoms with van der Waals surface area (Å²) in [6, 6.07) is 5.24. The van der Waals surface area contributed by atoms with Gasteiger partial charge in [-0.05, 0) is 69.3 Å². The van der Waals surface area contributed by atoms with Crippen LogP contribution in [0.5, 0.6) is 0 Å². The number of nitrogens with zero attached hydrogens (tertiary/aromatic N) is 2. The zero-order valence-electron chi connectivity index (χ0n) is 19.3. The van der Waals surface area contributed by atoms with Gasteiger partial charge in [-0.2, -0.15) is 0 Å². The minimum Gasteiger partial charge on any atom is -0.381 e. The Kier molecular flexibility index (Phi) is 7.95. The van der Waals surface area contributed by atoms with E-state index in [2.05, 4.69) is 10.6 Å². The largest absolute Gasteiger partial charge is 0.381 e. The van der Waals surface area contributed by atoms with E-state index in [1.165, 1.54) is 4.57 Å². The first-order chi connectivity index (χ1) is 16.0. The molecule has 0 spiro atoms. The molecule has 2 aliphatic heterocycles. The summed E-state index contributed by atoms with van der Waals surface area (Å²) in [7, 11) is 1.71. The Labute approximate surface area is 193 Å². The molecule has 9 nitrogen and oxygen atoms in total. The van der Waals surface area contributed by atoms with Crippen LogP contribution in [0.3, 0.4) is 0 Å². The molecule has 1 aromatic carbocycles. The van der Waals surface area contributed by atoms with Gasteiger partial charge in [-0.1, -0.05) is 6.07 Å². The van der Waals surface area contributed by atoms with Gasteiger partial charge in [0.2, 0.25) is 11.8 Å². The summed E-state index contributed by atoms with van der Waals surface area (Å²) < 4.78 is 14.7. The first kappa shape index (κ1) is 23.7. The van der Waals surface area contributed by atoms with Crippen molar-refractivity contribution in [3.05, 3.63) is 34.2 Å². The number of rotatable bonds is 10. The number of nitrogens with one attached hydrogen (secondary N) is 2. The van der Waals surface area contributed by atoms with Crippen LogP contribution >= 0.6 is 0 Å². The van der Waals surface area contributed by atoms with Gasteiger partial charge in [-0.3, -0.25) is 24.0 Å². The van der Waals surface area contributed by atoms with Gasteiger partial charge in [0.1, 0.15) is 6.04 Å². The summed E-state index contributed by atoms with van der Waals surface area (Å²) in [5, 5.41) is 5.68. The second-order valence-corrected chi connectivity index (χ2v) is 8.89. The minimum absolute atomic E-state index is 0.238. The summed E-state index contributed by atoms with van der Waals surface area (Å²) in [5.74, 6) is -0.702. The van der Waals surface area contributed by atoms with Crippen molar-refractivity contribution in [3.8, 4) is 0 Å². The van der Waals surface area contributed by atoms with Gasteiger partial charge in [0, 0.05) is 33.3 Å². The van der Waals surface area contributed by atoms with Gasteiger partial charge in [-0.25, -0.2) is 4.79 Å². The maximum absolute atomic E-state index is 12.8. The van der Waals surface area contributed by atoms with E-state index >= 15 is 0 Å². The van der Waals surface area contributed by atoms with Crippen LogP contribution in [0, 0.1) is 0 Å². The number of imide groups is 1. The first-order valence-electron chi connectivity index (χ1n) is 12.0. The third-order valence-electron chi connectivity index (χ3n) is 6.50. The number of benzene rings is 1. The SMILES string of the molecule is Cn1c(=O)n(C2CCC(=O)NC2=O)c2ccc(CCCOCCCOC3CCNCC3)cc21. The molecule has 3 heterocycles. The Morgan fingerprint density at radius 2 is 1.79 bits per heavy atom. The maximum Gasteiger partial charge on any atom is 0.329 e. The van der Waals surface area contributed by atoms with Gasteiger partial charge >= 0.3 is 5.69 Å². The Balaban J connectivity index is 1.25. The number of carbonyl (C=O) groups excluding carboxylic acids is 2. The van der Waals surface area contributed by atoms with Crippen LogP contribution < -0.4 is 16.3 Å². The second-order valence-electron chi connectivity index (χ2n) is 8.89. The van der Waals surface area contributed by atoms with E-state index in [4.69, 9.17) is 9.47 Å². The van der Waals surface area contributed by atoms with E-state index in [9.17, 15) is 14.4 Å². The van der Waals surface area contributed by atoms with Crippen LogP contribution in [0.1, 0.15) is 50.1 Å². The van der Waals surface area contributed by atoms with Crippen molar-refractivity contribution in [1.82, 2.24) is 19.8 Å². The Bertz CT molecular complexity index is 1040. The fourth-order valence-electron chi connectivity index (χ4n) is 4.65. The standard InChI is InChI=1S/C24H34N4O5/c1-27-21-16-17(4-2-13-32-14-3-15-33-18-9-11-25-12-10-18)5-6-19(21)28(24(27)31)20-7-8-22(29)26-23(20)30/h5-6,16,18,20,25H,2-4,7-15H2,1H3,(H,26,29,30).